The van der Waals surface area contributed by atoms with Crippen molar-refractivity contribution in [1.82, 2.24) is 5.32 Å². The standard InChI is InChI=1S/C13H21NO/c1-4-15-10-12(3)14-9-13-8-6-5-7-11(13)2/h5-8,12,14H,4,9-10H2,1-3H3. The molecule has 0 bridgehead atoms. The van der Waals surface area contributed by atoms with Crippen molar-refractivity contribution in [2.45, 2.75) is 33.4 Å². The molecule has 15 heavy (non-hydrogen) atoms. The Hall–Kier alpha value is -0.860. The molecule has 1 aromatic carbocycles. The summed E-state index contributed by atoms with van der Waals surface area (Å²) in [5.74, 6) is 0. The summed E-state index contributed by atoms with van der Waals surface area (Å²) in [5.41, 5.74) is 2.70. The van der Waals surface area contributed by atoms with Crippen molar-refractivity contribution in [3.63, 3.8) is 0 Å². The van der Waals surface area contributed by atoms with Crippen LogP contribution in [-0.4, -0.2) is 19.3 Å². The lowest BCUT2D eigenvalue weighted by molar-refractivity contribution is 0.127. The highest BCUT2D eigenvalue weighted by Crippen LogP contribution is 2.06. The van der Waals surface area contributed by atoms with Crippen molar-refractivity contribution >= 4 is 0 Å². The van der Waals surface area contributed by atoms with Crippen LogP contribution in [0.3, 0.4) is 0 Å². The molecule has 2 heteroatoms. The van der Waals surface area contributed by atoms with Gasteiger partial charge in [0.2, 0.25) is 0 Å². The first-order chi connectivity index (χ1) is 7.24. The maximum atomic E-state index is 5.35. The van der Waals surface area contributed by atoms with Gasteiger partial charge in [0.05, 0.1) is 6.61 Å². The van der Waals surface area contributed by atoms with Gasteiger partial charge in [0.15, 0.2) is 0 Å². The van der Waals surface area contributed by atoms with Crippen LogP contribution in [0.4, 0.5) is 0 Å². The maximum absolute atomic E-state index is 5.35. The first-order valence-electron chi connectivity index (χ1n) is 5.59. The molecule has 0 fully saturated rings. The van der Waals surface area contributed by atoms with Crippen molar-refractivity contribution in [2.75, 3.05) is 13.2 Å². The predicted molar refractivity (Wildman–Crippen MR) is 64.0 cm³/mol. The minimum Gasteiger partial charge on any atom is -0.380 e. The summed E-state index contributed by atoms with van der Waals surface area (Å²) < 4.78 is 5.35. The van der Waals surface area contributed by atoms with Crippen LogP contribution in [0.2, 0.25) is 0 Å². The Morgan fingerprint density at radius 1 is 1.33 bits per heavy atom. The maximum Gasteiger partial charge on any atom is 0.0616 e. The zero-order valence-corrected chi connectivity index (χ0v) is 9.92. The highest BCUT2D eigenvalue weighted by atomic mass is 16.5. The Kier molecular flexibility index (Phi) is 5.37. The second-order valence-electron chi connectivity index (χ2n) is 3.87. The third kappa shape index (κ3) is 4.45. The van der Waals surface area contributed by atoms with E-state index >= 15 is 0 Å². The zero-order valence-electron chi connectivity index (χ0n) is 9.92. The van der Waals surface area contributed by atoms with Crippen molar-refractivity contribution < 1.29 is 4.74 Å². The summed E-state index contributed by atoms with van der Waals surface area (Å²) in [6.45, 7) is 8.80. The molecule has 1 aromatic rings. The predicted octanol–water partition coefficient (Wildman–Crippen LogP) is 2.51. The Bertz CT molecular complexity index is 286. The van der Waals surface area contributed by atoms with Gasteiger partial charge in [-0.2, -0.15) is 0 Å². The molecule has 2 nitrogen and oxygen atoms in total. The number of nitrogens with one attached hydrogen (secondary N) is 1. The summed E-state index contributed by atoms with van der Waals surface area (Å²) in [7, 11) is 0. The highest BCUT2D eigenvalue weighted by Gasteiger charge is 2.02. The molecule has 0 aliphatic heterocycles. The summed E-state index contributed by atoms with van der Waals surface area (Å²) in [6.07, 6.45) is 0. The average molecular weight is 207 g/mol. The molecule has 1 rings (SSSR count). The third-order valence-electron chi connectivity index (χ3n) is 2.47. The molecule has 0 spiro atoms. The van der Waals surface area contributed by atoms with Gasteiger partial charge in [-0.05, 0) is 31.9 Å². The Balaban J connectivity index is 2.33. The fourth-order valence-electron chi connectivity index (χ4n) is 1.45. The van der Waals surface area contributed by atoms with Gasteiger partial charge in [-0.3, -0.25) is 0 Å². The molecule has 84 valence electrons. The fourth-order valence-corrected chi connectivity index (χ4v) is 1.45. The smallest absolute Gasteiger partial charge is 0.0616 e. The molecule has 0 heterocycles. The number of aryl methyl sites for hydroxylation is 1. The minimum atomic E-state index is 0.407. The first kappa shape index (κ1) is 12.2. The molecule has 0 aliphatic rings. The first-order valence-corrected chi connectivity index (χ1v) is 5.59. The van der Waals surface area contributed by atoms with E-state index < -0.39 is 0 Å². The molecule has 0 saturated carbocycles. The van der Waals surface area contributed by atoms with E-state index in [-0.39, 0.29) is 0 Å². The third-order valence-corrected chi connectivity index (χ3v) is 2.47. The molecule has 1 N–H and O–H groups in total. The van der Waals surface area contributed by atoms with E-state index in [1.54, 1.807) is 0 Å². The van der Waals surface area contributed by atoms with Gasteiger partial charge < -0.3 is 10.1 Å². The lowest BCUT2D eigenvalue weighted by Gasteiger charge is -2.14. The van der Waals surface area contributed by atoms with Crippen molar-refractivity contribution in [1.29, 1.82) is 0 Å². The number of hydrogen-bond acceptors (Lipinski definition) is 2. The second-order valence-corrected chi connectivity index (χ2v) is 3.87. The van der Waals surface area contributed by atoms with Crippen LogP contribution >= 0.6 is 0 Å². The van der Waals surface area contributed by atoms with Crippen LogP contribution in [0.1, 0.15) is 25.0 Å². The van der Waals surface area contributed by atoms with Gasteiger partial charge in [-0.25, -0.2) is 0 Å². The number of rotatable bonds is 6. The summed E-state index contributed by atoms with van der Waals surface area (Å²) in [4.78, 5) is 0. The monoisotopic (exact) mass is 207 g/mol. The highest BCUT2D eigenvalue weighted by molar-refractivity contribution is 5.25. The van der Waals surface area contributed by atoms with Crippen LogP contribution in [-0.2, 0) is 11.3 Å². The van der Waals surface area contributed by atoms with Gasteiger partial charge in [0, 0.05) is 19.2 Å². The van der Waals surface area contributed by atoms with E-state index in [9.17, 15) is 0 Å². The SMILES string of the molecule is CCOCC(C)NCc1ccccc1C. The van der Waals surface area contributed by atoms with E-state index in [1.165, 1.54) is 11.1 Å². The molecule has 0 saturated heterocycles. The Labute approximate surface area is 92.6 Å². The van der Waals surface area contributed by atoms with Crippen LogP contribution < -0.4 is 5.32 Å². The van der Waals surface area contributed by atoms with Crippen molar-refractivity contribution in [3.8, 4) is 0 Å². The lowest BCUT2D eigenvalue weighted by Crippen LogP contribution is -2.30. The fraction of sp³-hybridized carbons (Fsp3) is 0.538. The van der Waals surface area contributed by atoms with Gasteiger partial charge in [-0.1, -0.05) is 24.3 Å². The normalized spacial score (nSPS) is 12.7. The van der Waals surface area contributed by atoms with Crippen LogP contribution in [0.5, 0.6) is 0 Å². The number of benzene rings is 1. The number of hydrogen-bond donors (Lipinski definition) is 1. The van der Waals surface area contributed by atoms with Crippen LogP contribution in [0.15, 0.2) is 24.3 Å². The van der Waals surface area contributed by atoms with Crippen LogP contribution in [0, 0.1) is 6.92 Å². The van der Waals surface area contributed by atoms with Crippen molar-refractivity contribution in [3.05, 3.63) is 35.4 Å². The average Bonchev–Trinajstić information content (AvgIpc) is 2.25. The molecular formula is C13H21NO. The van der Waals surface area contributed by atoms with E-state index in [4.69, 9.17) is 4.74 Å². The molecule has 0 amide bonds. The minimum absolute atomic E-state index is 0.407. The summed E-state index contributed by atoms with van der Waals surface area (Å²) >= 11 is 0. The van der Waals surface area contributed by atoms with Gasteiger partial charge in [0.1, 0.15) is 0 Å². The largest absolute Gasteiger partial charge is 0.380 e. The summed E-state index contributed by atoms with van der Waals surface area (Å²) in [6, 6.07) is 8.86. The molecular weight excluding hydrogens is 186 g/mol. The van der Waals surface area contributed by atoms with Crippen molar-refractivity contribution in [2.24, 2.45) is 0 Å². The van der Waals surface area contributed by atoms with E-state index in [1.807, 2.05) is 6.92 Å². The van der Waals surface area contributed by atoms with Gasteiger partial charge in [-0.15, -0.1) is 0 Å². The van der Waals surface area contributed by atoms with Gasteiger partial charge >= 0.3 is 0 Å². The Morgan fingerprint density at radius 3 is 2.73 bits per heavy atom. The molecule has 0 radical (unpaired) electrons. The summed E-state index contributed by atoms with van der Waals surface area (Å²) in [5, 5.41) is 3.45. The van der Waals surface area contributed by atoms with Gasteiger partial charge in [0.25, 0.3) is 0 Å². The molecule has 1 unspecified atom stereocenters. The molecule has 1 atom stereocenters. The van der Waals surface area contributed by atoms with E-state index in [0.29, 0.717) is 6.04 Å². The zero-order chi connectivity index (χ0) is 11.1. The van der Waals surface area contributed by atoms with Crippen LogP contribution in [0.25, 0.3) is 0 Å². The lowest BCUT2D eigenvalue weighted by atomic mass is 10.1. The second kappa shape index (κ2) is 6.59. The quantitative estimate of drug-likeness (QED) is 0.774. The Morgan fingerprint density at radius 2 is 2.07 bits per heavy atom. The van der Waals surface area contributed by atoms with E-state index in [2.05, 4.69) is 43.4 Å². The number of ether oxygens (including phenoxy) is 1. The topological polar surface area (TPSA) is 21.3 Å². The molecule has 0 aromatic heterocycles. The molecule has 0 aliphatic carbocycles. The van der Waals surface area contributed by atoms with E-state index in [0.717, 1.165) is 19.8 Å².